The zero-order valence-corrected chi connectivity index (χ0v) is 11.6. The van der Waals surface area contributed by atoms with Crippen LogP contribution < -0.4 is 0 Å². The lowest BCUT2D eigenvalue weighted by Gasteiger charge is -2.13. The fourth-order valence-corrected chi connectivity index (χ4v) is 2.77. The molecule has 0 unspecified atom stereocenters. The van der Waals surface area contributed by atoms with Gasteiger partial charge in [0.25, 0.3) is 5.91 Å². The van der Waals surface area contributed by atoms with Gasteiger partial charge in [0.2, 0.25) is 0 Å². The lowest BCUT2D eigenvalue weighted by molar-refractivity contribution is -0.121. The summed E-state index contributed by atoms with van der Waals surface area (Å²) in [5, 5.41) is 0. The van der Waals surface area contributed by atoms with Gasteiger partial charge in [0, 0.05) is 18.9 Å². The maximum Gasteiger partial charge on any atom is 0.266 e. The summed E-state index contributed by atoms with van der Waals surface area (Å²) >= 11 is 6.52. The number of pyridine rings is 1. The van der Waals surface area contributed by atoms with E-state index in [9.17, 15) is 4.79 Å². The first-order valence-corrected chi connectivity index (χ1v) is 6.60. The van der Waals surface area contributed by atoms with Crippen LogP contribution in [-0.2, 0) is 4.79 Å². The van der Waals surface area contributed by atoms with Crippen molar-refractivity contribution in [2.45, 2.75) is 6.92 Å². The van der Waals surface area contributed by atoms with Crippen molar-refractivity contribution in [2.75, 3.05) is 6.54 Å². The molecule has 3 nitrogen and oxygen atoms in total. The molecule has 0 spiro atoms. The van der Waals surface area contributed by atoms with Gasteiger partial charge < -0.3 is 0 Å². The zero-order valence-electron chi connectivity index (χ0n) is 9.92. The van der Waals surface area contributed by atoms with Crippen molar-refractivity contribution in [3.05, 3.63) is 47.1 Å². The average molecular weight is 276 g/mol. The van der Waals surface area contributed by atoms with Gasteiger partial charge in [0.1, 0.15) is 4.32 Å². The van der Waals surface area contributed by atoms with E-state index in [-0.39, 0.29) is 5.91 Å². The fourth-order valence-electron chi connectivity index (χ4n) is 1.52. The zero-order chi connectivity index (χ0) is 13.1. The second kappa shape index (κ2) is 5.46. The minimum atomic E-state index is -0.0585. The predicted molar refractivity (Wildman–Crippen MR) is 78.9 cm³/mol. The predicted octanol–water partition coefficient (Wildman–Crippen LogP) is 2.86. The third kappa shape index (κ3) is 2.86. The number of hydrogen-bond donors (Lipinski definition) is 0. The average Bonchev–Trinajstić information content (AvgIpc) is 2.58. The largest absolute Gasteiger partial charge is 0.289 e. The smallest absolute Gasteiger partial charge is 0.266 e. The lowest BCUT2D eigenvalue weighted by Crippen LogP contribution is -2.29. The maximum absolute atomic E-state index is 12.1. The van der Waals surface area contributed by atoms with Crippen LogP contribution in [0, 0.1) is 0 Å². The highest BCUT2D eigenvalue weighted by atomic mass is 32.2. The van der Waals surface area contributed by atoms with Gasteiger partial charge in [-0.05, 0) is 24.6 Å². The van der Waals surface area contributed by atoms with Crippen LogP contribution in [0.2, 0.25) is 0 Å². The number of thiocarbonyl (C=S) groups is 1. The Hall–Kier alpha value is -1.46. The summed E-state index contributed by atoms with van der Waals surface area (Å²) in [5.41, 5.74) is 1.81. The molecule has 18 heavy (non-hydrogen) atoms. The highest BCUT2D eigenvalue weighted by Crippen LogP contribution is 2.32. The number of carbonyl (C=O) groups is 1. The Morgan fingerprint density at radius 2 is 2.44 bits per heavy atom. The molecule has 0 aromatic carbocycles. The van der Waals surface area contributed by atoms with Gasteiger partial charge in [0.05, 0.1) is 4.91 Å². The lowest BCUT2D eigenvalue weighted by atomic mass is 10.2. The van der Waals surface area contributed by atoms with Crippen molar-refractivity contribution in [1.29, 1.82) is 0 Å². The van der Waals surface area contributed by atoms with Crippen molar-refractivity contribution in [3.8, 4) is 0 Å². The summed E-state index contributed by atoms with van der Waals surface area (Å²) < 4.78 is 0.582. The molecule has 0 saturated carbocycles. The SMILES string of the molecule is C=C(C)CN1C(=O)C(=Cc2cccnc2)SC1=S. The van der Waals surface area contributed by atoms with Gasteiger partial charge >= 0.3 is 0 Å². The standard InChI is InChI=1S/C13H12N2OS2/c1-9(2)8-15-12(16)11(18-13(15)17)6-10-4-3-5-14-7-10/h3-7H,1,8H2,2H3. The van der Waals surface area contributed by atoms with E-state index >= 15 is 0 Å². The van der Waals surface area contributed by atoms with E-state index in [1.807, 2.05) is 25.1 Å². The van der Waals surface area contributed by atoms with Crippen molar-refractivity contribution in [3.63, 3.8) is 0 Å². The van der Waals surface area contributed by atoms with Crippen LogP contribution in [0.3, 0.4) is 0 Å². The minimum absolute atomic E-state index is 0.0585. The van der Waals surface area contributed by atoms with Gasteiger partial charge in [-0.1, -0.05) is 42.2 Å². The molecule has 0 atom stereocenters. The molecular weight excluding hydrogens is 264 g/mol. The molecule has 0 N–H and O–H groups in total. The van der Waals surface area contributed by atoms with Crippen molar-refractivity contribution in [1.82, 2.24) is 9.88 Å². The number of aromatic nitrogens is 1. The van der Waals surface area contributed by atoms with Crippen LogP contribution >= 0.6 is 24.0 Å². The van der Waals surface area contributed by atoms with Gasteiger partial charge in [-0.25, -0.2) is 0 Å². The summed E-state index contributed by atoms with van der Waals surface area (Å²) in [4.78, 5) is 18.4. The highest BCUT2D eigenvalue weighted by Gasteiger charge is 2.31. The first-order valence-electron chi connectivity index (χ1n) is 5.37. The third-order valence-corrected chi connectivity index (χ3v) is 3.66. The molecule has 1 fully saturated rings. The number of nitrogens with zero attached hydrogens (tertiary/aromatic N) is 2. The monoisotopic (exact) mass is 276 g/mol. The highest BCUT2D eigenvalue weighted by molar-refractivity contribution is 8.26. The van der Waals surface area contributed by atoms with Crippen LogP contribution in [0.5, 0.6) is 0 Å². The Kier molecular flexibility index (Phi) is 3.93. The Morgan fingerprint density at radius 1 is 1.67 bits per heavy atom. The Balaban J connectivity index is 2.23. The van der Waals surface area contributed by atoms with Crippen molar-refractivity contribution >= 4 is 40.3 Å². The summed E-state index contributed by atoms with van der Waals surface area (Å²) in [7, 11) is 0. The molecule has 0 aliphatic carbocycles. The molecule has 1 aromatic rings. The van der Waals surface area contributed by atoms with E-state index in [1.54, 1.807) is 17.3 Å². The molecule has 2 heterocycles. The molecule has 2 rings (SSSR count). The molecule has 1 amide bonds. The van der Waals surface area contributed by atoms with E-state index in [1.165, 1.54) is 11.8 Å². The van der Waals surface area contributed by atoms with E-state index in [0.717, 1.165) is 11.1 Å². The van der Waals surface area contributed by atoms with Crippen LogP contribution in [0.15, 0.2) is 41.6 Å². The number of rotatable bonds is 3. The van der Waals surface area contributed by atoms with Gasteiger partial charge in [-0.3, -0.25) is 14.7 Å². The number of carbonyl (C=O) groups excluding carboxylic acids is 1. The van der Waals surface area contributed by atoms with E-state index in [2.05, 4.69) is 11.6 Å². The van der Waals surface area contributed by atoms with E-state index in [4.69, 9.17) is 12.2 Å². The fraction of sp³-hybridized carbons (Fsp3) is 0.154. The summed E-state index contributed by atoms with van der Waals surface area (Å²) in [6, 6.07) is 3.73. The maximum atomic E-state index is 12.1. The minimum Gasteiger partial charge on any atom is -0.289 e. The first-order chi connectivity index (χ1) is 8.58. The molecule has 1 saturated heterocycles. The number of hydrogen-bond acceptors (Lipinski definition) is 4. The Labute approximate surface area is 116 Å². The topological polar surface area (TPSA) is 33.2 Å². The van der Waals surface area contributed by atoms with Gasteiger partial charge in [-0.15, -0.1) is 0 Å². The van der Waals surface area contributed by atoms with Gasteiger partial charge in [0.15, 0.2) is 0 Å². The molecular formula is C13H12N2OS2. The van der Waals surface area contributed by atoms with Crippen molar-refractivity contribution < 1.29 is 4.79 Å². The summed E-state index contributed by atoms with van der Waals surface area (Å²) in [6.07, 6.45) is 5.22. The Bertz CT molecular complexity index is 537. The molecule has 0 bridgehead atoms. The molecule has 1 aromatic heterocycles. The second-order valence-electron chi connectivity index (χ2n) is 4.01. The Morgan fingerprint density at radius 3 is 3.06 bits per heavy atom. The van der Waals surface area contributed by atoms with Crippen LogP contribution in [0.1, 0.15) is 12.5 Å². The van der Waals surface area contributed by atoms with Crippen LogP contribution in [-0.4, -0.2) is 26.7 Å². The second-order valence-corrected chi connectivity index (χ2v) is 5.69. The summed E-state index contributed by atoms with van der Waals surface area (Å²) in [6.45, 7) is 6.16. The number of thioether (sulfide) groups is 1. The summed E-state index contributed by atoms with van der Waals surface area (Å²) in [5.74, 6) is -0.0585. The quantitative estimate of drug-likeness (QED) is 0.483. The van der Waals surface area contributed by atoms with Crippen LogP contribution in [0.25, 0.3) is 6.08 Å². The third-order valence-electron chi connectivity index (χ3n) is 2.28. The van der Waals surface area contributed by atoms with Crippen molar-refractivity contribution in [2.24, 2.45) is 0 Å². The van der Waals surface area contributed by atoms with Gasteiger partial charge in [-0.2, -0.15) is 0 Å². The molecule has 0 radical (unpaired) electrons. The normalized spacial score (nSPS) is 17.6. The molecule has 5 heteroatoms. The van der Waals surface area contributed by atoms with E-state index < -0.39 is 0 Å². The number of amides is 1. The van der Waals surface area contributed by atoms with Crippen LogP contribution in [0.4, 0.5) is 0 Å². The van der Waals surface area contributed by atoms with E-state index in [0.29, 0.717) is 15.8 Å². The molecule has 1 aliphatic heterocycles. The first kappa shape index (κ1) is 13.0. The molecule has 1 aliphatic rings. The molecule has 92 valence electrons.